The van der Waals surface area contributed by atoms with E-state index in [0.717, 1.165) is 12.8 Å². The molecule has 0 radical (unpaired) electrons. The fourth-order valence-corrected chi connectivity index (χ4v) is 8.17. The van der Waals surface area contributed by atoms with Crippen LogP contribution in [0.25, 0.3) is 0 Å². The lowest BCUT2D eigenvalue weighted by Crippen LogP contribution is -2.63. The zero-order chi connectivity index (χ0) is 34.6. The molecule has 4 N–H and O–H groups in total. The number of aliphatic hydroxyl groups excluding tert-OH is 1. The molecule has 0 heterocycles. The molecule has 7 nitrogen and oxygen atoms in total. The van der Waals surface area contributed by atoms with Crippen LogP contribution >= 0.6 is 11.8 Å². The third-order valence-corrected chi connectivity index (χ3v) is 11.6. The maximum Gasteiger partial charge on any atom is 0.316 e. The van der Waals surface area contributed by atoms with Gasteiger partial charge in [-0.05, 0) is 62.6 Å². The van der Waals surface area contributed by atoms with Gasteiger partial charge in [0.1, 0.15) is 11.9 Å². The highest BCUT2D eigenvalue weighted by molar-refractivity contribution is 8.01. The standard InChI is InChI=1S/C31H52N2O5S/c1-10-29(8)15-22(38-23(35)16-39-28(6,7)17-33-27(37)24(32)18(2)3)30(9)19(4)11-13-31(20(5)26(29)36)14-12-21(34)25(30)31/h10,18-20,22,24-26,36H,1,11-17,32H2,2-9H3,(H,33,37)/t19-,20-,22+,24+,25-,26-,29+,30?,31?/m0/s1/i6D3,7D3. The molecule has 39 heavy (non-hydrogen) atoms. The van der Waals surface area contributed by atoms with Gasteiger partial charge in [0.25, 0.3) is 0 Å². The summed E-state index contributed by atoms with van der Waals surface area (Å²) >= 11 is 0.408. The second-order valence-corrected chi connectivity index (χ2v) is 14.4. The van der Waals surface area contributed by atoms with Crippen molar-refractivity contribution in [3.05, 3.63) is 12.7 Å². The van der Waals surface area contributed by atoms with Crippen molar-refractivity contribution in [3.63, 3.8) is 0 Å². The molecule has 2 unspecified atom stereocenters. The Kier molecular flexibility index (Phi) is 7.14. The van der Waals surface area contributed by atoms with Crippen LogP contribution in [0.5, 0.6) is 0 Å². The Morgan fingerprint density at radius 1 is 1.33 bits per heavy atom. The lowest BCUT2D eigenvalue weighted by molar-refractivity contribution is -0.205. The molecule has 3 fully saturated rings. The number of carbonyl (C=O) groups excluding carboxylic acids is 3. The molecule has 0 aliphatic heterocycles. The first-order valence-electron chi connectivity index (χ1n) is 17.2. The maximum absolute atomic E-state index is 13.7. The minimum atomic E-state index is -3.11. The van der Waals surface area contributed by atoms with Crippen LogP contribution in [0.4, 0.5) is 0 Å². The largest absolute Gasteiger partial charge is 0.461 e. The zero-order valence-corrected chi connectivity index (χ0v) is 25.2. The first-order valence-corrected chi connectivity index (χ1v) is 15.1. The lowest BCUT2D eigenvalue weighted by Gasteiger charge is -2.61. The summed E-state index contributed by atoms with van der Waals surface area (Å²) in [5.41, 5.74) is 3.79. The summed E-state index contributed by atoms with van der Waals surface area (Å²) in [5, 5.41) is 14.1. The molecule has 222 valence electrons. The van der Waals surface area contributed by atoms with Gasteiger partial charge in [-0.2, -0.15) is 0 Å². The minimum Gasteiger partial charge on any atom is -0.461 e. The van der Waals surface area contributed by atoms with Crippen LogP contribution in [0.1, 0.15) is 95.6 Å². The lowest BCUT2D eigenvalue weighted by atomic mass is 9.44. The second-order valence-electron chi connectivity index (χ2n) is 13.2. The van der Waals surface area contributed by atoms with E-state index >= 15 is 0 Å². The predicted molar refractivity (Wildman–Crippen MR) is 157 cm³/mol. The van der Waals surface area contributed by atoms with Gasteiger partial charge in [-0.15, -0.1) is 18.3 Å². The molecule has 0 aromatic heterocycles. The monoisotopic (exact) mass is 570 g/mol. The molecule has 9 atom stereocenters. The first-order chi connectivity index (χ1) is 20.4. The highest BCUT2D eigenvalue weighted by Gasteiger charge is 2.68. The number of carbonyl (C=O) groups is 3. The summed E-state index contributed by atoms with van der Waals surface area (Å²) in [6, 6.07) is -0.980. The number of Topliss-reactive ketones (excluding diaryl/α,β-unsaturated/α-hetero) is 1. The fraction of sp³-hybridized carbons (Fsp3) is 0.839. The molecule has 0 spiro atoms. The van der Waals surface area contributed by atoms with Crippen molar-refractivity contribution >= 4 is 29.4 Å². The van der Waals surface area contributed by atoms with Crippen LogP contribution in [0.15, 0.2) is 12.7 Å². The molecule has 0 aromatic rings. The van der Waals surface area contributed by atoms with Gasteiger partial charge in [0.15, 0.2) is 0 Å². The Bertz CT molecular complexity index is 1150. The highest BCUT2D eigenvalue weighted by Crippen LogP contribution is 2.68. The molecule has 0 saturated heterocycles. The Morgan fingerprint density at radius 2 is 2.00 bits per heavy atom. The van der Waals surface area contributed by atoms with Crippen LogP contribution in [0.3, 0.4) is 0 Å². The van der Waals surface area contributed by atoms with E-state index in [9.17, 15) is 19.5 Å². The van der Waals surface area contributed by atoms with E-state index in [2.05, 4.69) is 18.8 Å². The van der Waals surface area contributed by atoms with E-state index in [1.165, 1.54) is 0 Å². The smallest absolute Gasteiger partial charge is 0.316 e. The number of amides is 1. The molecule has 1 amide bonds. The molecule has 3 rings (SSSR count). The van der Waals surface area contributed by atoms with E-state index in [1.54, 1.807) is 19.9 Å². The SMILES string of the molecule is [2H]C([2H])([2H])C(CNC(=O)[C@H](N)C(C)C)(SCC(=O)O[C@@H]1C[C@@](C)(C=C)[C@@H](O)[C@H](C)C23CCC(=O)[C@H]2C1(C)[C@@H](C)CC3)C([2H])([2H])[2H]. The Hall–Kier alpha value is -1.38. The van der Waals surface area contributed by atoms with Crippen molar-refractivity contribution < 1.29 is 32.5 Å². The van der Waals surface area contributed by atoms with E-state index < -0.39 is 83.0 Å². The summed E-state index contributed by atoms with van der Waals surface area (Å²) in [6.07, 6.45) is 2.77. The van der Waals surface area contributed by atoms with Crippen molar-refractivity contribution in [3.8, 4) is 0 Å². The Balaban J connectivity index is 1.98. The molecule has 8 heteroatoms. The minimum absolute atomic E-state index is 0.0103. The van der Waals surface area contributed by atoms with E-state index in [0.29, 0.717) is 24.6 Å². The van der Waals surface area contributed by atoms with Gasteiger partial charge in [0, 0.05) is 42.7 Å². The molecule has 3 aliphatic rings. The summed E-state index contributed by atoms with van der Waals surface area (Å²) < 4.78 is 52.8. The van der Waals surface area contributed by atoms with Gasteiger partial charge in [-0.25, -0.2) is 0 Å². The summed E-state index contributed by atoms with van der Waals surface area (Å²) in [7, 11) is 0. The van der Waals surface area contributed by atoms with Gasteiger partial charge in [-0.1, -0.05) is 47.6 Å². The van der Waals surface area contributed by atoms with Crippen LogP contribution in [0, 0.1) is 39.9 Å². The summed E-state index contributed by atoms with van der Waals surface area (Å²) in [5.74, 6) is -2.99. The highest BCUT2D eigenvalue weighted by atomic mass is 32.2. The second kappa shape index (κ2) is 11.5. The van der Waals surface area contributed by atoms with Gasteiger partial charge < -0.3 is 20.9 Å². The molecular formula is C31H52N2O5S. The van der Waals surface area contributed by atoms with Crippen LogP contribution < -0.4 is 11.1 Å². The number of thioether (sulfide) groups is 1. The number of ketones is 1. The summed E-state index contributed by atoms with van der Waals surface area (Å²) in [6.45, 7) is 8.34. The Labute approximate surface area is 248 Å². The molecule has 2 bridgehead atoms. The number of hydrogen-bond donors (Lipinski definition) is 3. The number of nitrogens with two attached hydrogens (primary N) is 1. The molecular weight excluding hydrogens is 512 g/mol. The van der Waals surface area contributed by atoms with E-state index in [4.69, 9.17) is 18.7 Å². The van der Waals surface area contributed by atoms with Gasteiger partial charge in [-0.3, -0.25) is 14.4 Å². The zero-order valence-electron chi connectivity index (χ0n) is 30.3. The van der Waals surface area contributed by atoms with Crippen molar-refractivity contribution in [1.82, 2.24) is 5.32 Å². The number of hydrogen-bond acceptors (Lipinski definition) is 7. The predicted octanol–water partition coefficient (Wildman–Crippen LogP) is 4.50. The number of aliphatic hydroxyl groups is 1. The van der Waals surface area contributed by atoms with Gasteiger partial charge in [0.05, 0.1) is 17.9 Å². The molecule has 0 aromatic carbocycles. The Morgan fingerprint density at radius 3 is 2.59 bits per heavy atom. The molecule has 3 saturated carbocycles. The average molecular weight is 571 g/mol. The number of esters is 1. The quantitative estimate of drug-likeness (QED) is 0.276. The van der Waals surface area contributed by atoms with E-state index in [-0.39, 0.29) is 30.0 Å². The normalized spacial score (nSPS) is 42.3. The summed E-state index contributed by atoms with van der Waals surface area (Å²) in [4.78, 5) is 39.9. The first kappa shape index (κ1) is 24.2. The van der Waals surface area contributed by atoms with Gasteiger partial charge >= 0.3 is 5.97 Å². The fourth-order valence-electron chi connectivity index (χ4n) is 7.56. The van der Waals surface area contributed by atoms with Crippen molar-refractivity contribution in [2.45, 2.75) is 110 Å². The van der Waals surface area contributed by atoms with Crippen LogP contribution in [0.2, 0.25) is 0 Å². The van der Waals surface area contributed by atoms with E-state index in [1.807, 2.05) is 20.8 Å². The van der Waals surface area contributed by atoms with Crippen LogP contribution in [-0.4, -0.2) is 58.1 Å². The third-order valence-electron chi connectivity index (χ3n) is 10.5. The number of nitrogens with one attached hydrogen (secondary N) is 1. The van der Waals surface area contributed by atoms with Crippen molar-refractivity contribution in [1.29, 1.82) is 0 Å². The van der Waals surface area contributed by atoms with Crippen LogP contribution in [-0.2, 0) is 19.1 Å². The third kappa shape index (κ3) is 5.85. The molecule has 3 aliphatic carbocycles. The van der Waals surface area contributed by atoms with Gasteiger partial charge in [0.2, 0.25) is 5.91 Å². The van der Waals surface area contributed by atoms with Crippen molar-refractivity contribution in [2.24, 2.45) is 45.7 Å². The number of ether oxygens (including phenoxy) is 1. The topological polar surface area (TPSA) is 119 Å². The maximum atomic E-state index is 13.7. The average Bonchev–Trinajstić information content (AvgIpc) is 3.29. The van der Waals surface area contributed by atoms with Crippen molar-refractivity contribution in [2.75, 3.05) is 12.3 Å². The number of rotatable bonds is 9.